The Morgan fingerprint density at radius 1 is 1.53 bits per heavy atom. The molecule has 1 aliphatic rings. The number of ether oxygens (including phenoxy) is 1. The Morgan fingerprint density at radius 3 is 2.95 bits per heavy atom. The lowest BCUT2D eigenvalue weighted by atomic mass is 10.1. The van der Waals surface area contributed by atoms with Crippen LogP contribution in [0.2, 0.25) is 0 Å². The molecule has 0 fully saturated rings. The third-order valence-electron chi connectivity index (χ3n) is 2.87. The van der Waals surface area contributed by atoms with Crippen LogP contribution in [0.5, 0.6) is 5.75 Å². The lowest BCUT2D eigenvalue weighted by Gasteiger charge is -2.33. The maximum Gasteiger partial charge on any atom is 0.263 e. The Hall–Kier alpha value is -2.30. The number of para-hydroxylation sites is 2. The van der Waals surface area contributed by atoms with Gasteiger partial charge in [-0.1, -0.05) is 18.2 Å². The van der Waals surface area contributed by atoms with Gasteiger partial charge in [0.1, 0.15) is 5.75 Å². The molecule has 0 spiro atoms. The van der Waals surface area contributed by atoms with E-state index in [1.165, 1.54) is 6.92 Å². The number of nitrogens with one attached hydrogen (secondary N) is 1. The zero-order chi connectivity index (χ0) is 13.8. The van der Waals surface area contributed by atoms with Crippen LogP contribution in [0.15, 0.2) is 36.9 Å². The summed E-state index contributed by atoms with van der Waals surface area (Å²) < 4.78 is 5.63. The Balaban J connectivity index is 2.22. The molecule has 0 aromatic heterocycles. The average molecular weight is 260 g/mol. The minimum Gasteiger partial charge on any atom is -0.477 e. The second kappa shape index (κ2) is 5.56. The molecule has 5 heteroatoms. The van der Waals surface area contributed by atoms with Gasteiger partial charge in [-0.2, -0.15) is 0 Å². The van der Waals surface area contributed by atoms with Crippen LogP contribution in [0.25, 0.3) is 0 Å². The highest BCUT2D eigenvalue weighted by atomic mass is 16.5. The van der Waals surface area contributed by atoms with Crippen LogP contribution < -0.4 is 15.0 Å². The van der Waals surface area contributed by atoms with Crippen LogP contribution in [0, 0.1) is 0 Å². The van der Waals surface area contributed by atoms with Crippen molar-refractivity contribution in [3.05, 3.63) is 36.9 Å². The summed E-state index contributed by atoms with van der Waals surface area (Å²) in [5, 5.41) is 2.67. The summed E-state index contributed by atoms with van der Waals surface area (Å²) in [5.74, 6) is 0.181. The number of amides is 2. The van der Waals surface area contributed by atoms with Crippen molar-refractivity contribution in [1.82, 2.24) is 5.32 Å². The molecular formula is C14H16N2O3. The van der Waals surface area contributed by atoms with Gasteiger partial charge < -0.3 is 15.0 Å². The Morgan fingerprint density at radius 2 is 2.26 bits per heavy atom. The number of fused-ring (bicyclic) bond motifs is 1. The van der Waals surface area contributed by atoms with E-state index in [-0.39, 0.29) is 18.4 Å². The predicted molar refractivity (Wildman–Crippen MR) is 72.1 cm³/mol. The van der Waals surface area contributed by atoms with Gasteiger partial charge >= 0.3 is 0 Å². The molecule has 1 aliphatic heterocycles. The summed E-state index contributed by atoms with van der Waals surface area (Å²) in [6.45, 7) is 5.60. The standard InChI is InChI=1S/C14H16N2O3/c1-3-8-15-14(18)13-9-16(10(2)17)11-6-4-5-7-12(11)19-13/h3-7,13H,1,8-9H2,2H3,(H,15,18). The molecule has 5 nitrogen and oxygen atoms in total. The van der Waals surface area contributed by atoms with Crippen LogP contribution in [0.1, 0.15) is 6.92 Å². The quantitative estimate of drug-likeness (QED) is 0.828. The lowest BCUT2D eigenvalue weighted by Crippen LogP contribution is -2.50. The summed E-state index contributed by atoms with van der Waals surface area (Å²) in [6.07, 6.45) is 0.899. The van der Waals surface area contributed by atoms with Crippen molar-refractivity contribution in [2.75, 3.05) is 18.0 Å². The van der Waals surface area contributed by atoms with Gasteiger partial charge in [-0.25, -0.2) is 0 Å². The Labute approximate surface area is 111 Å². The van der Waals surface area contributed by atoms with Crippen molar-refractivity contribution in [3.8, 4) is 5.75 Å². The molecule has 2 rings (SSSR count). The fraction of sp³-hybridized carbons (Fsp3) is 0.286. The highest BCUT2D eigenvalue weighted by Crippen LogP contribution is 2.33. The molecule has 1 aromatic rings. The number of rotatable bonds is 3. The van der Waals surface area contributed by atoms with E-state index in [2.05, 4.69) is 11.9 Å². The molecular weight excluding hydrogens is 244 g/mol. The number of carbonyl (C=O) groups excluding carboxylic acids is 2. The first-order valence-corrected chi connectivity index (χ1v) is 6.06. The van der Waals surface area contributed by atoms with Gasteiger partial charge in [0.25, 0.3) is 5.91 Å². The smallest absolute Gasteiger partial charge is 0.263 e. The fourth-order valence-electron chi connectivity index (χ4n) is 1.96. The van der Waals surface area contributed by atoms with Crippen LogP contribution in [-0.2, 0) is 9.59 Å². The molecule has 1 aromatic carbocycles. The minimum absolute atomic E-state index is 0.114. The van der Waals surface area contributed by atoms with Gasteiger partial charge in [0, 0.05) is 13.5 Å². The van der Waals surface area contributed by atoms with Crippen molar-refractivity contribution in [3.63, 3.8) is 0 Å². The number of hydrogen-bond donors (Lipinski definition) is 1. The Kier molecular flexibility index (Phi) is 3.85. The lowest BCUT2D eigenvalue weighted by molar-refractivity contribution is -0.128. The van der Waals surface area contributed by atoms with E-state index < -0.39 is 6.10 Å². The number of carbonyl (C=O) groups is 2. The molecule has 1 atom stereocenters. The molecule has 19 heavy (non-hydrogen) atoms. The monoisotopic (exact) mass is 260 g/mol. The van der Waals surface area contributed by atoms with E-state index in [0.717, 1.165) is 0 Å². The highest BCUT2D eigenvalue weighted by Gasteiger charge is 2.32. The molecule has 2 amide bonds. The second-order valence-corrected chi connectivity index (χ2v) is 4.24. The third kappa shape index (κ3) is 2.76. The normalized spacial score (nSPS) is 17.1. The SMILES string of the molecule is C=CCNC(=O)C1CN(C(C)=O)c2ccccc2O1. The van der Waals surface area contributed by atoms with E-state index in [9.17, 15) is 9.59 Å². The number of anilines is 1. The topological polar surface area (TPSA) is 58.6 Å². The molecule has 1 unspecified atom stereocenters. The summed E-state index contributed by atoms with van der Waals surface area (Å²) >= 11 is 0. The first-order valence-electron chi connectivity index (χ1n) is 6.06. The van der Waals surface area contributed by atoms with Crippen molar-refractivity contribution < 1.29 is 14.3 Å². The maximum atomic E-state index is 11.9. The largest absolute Gasteiger partial charge is 0.477 e. The molecule has 0 bridgehead atoms. The van der Waals surface area contributed by atoms with Crippen molar-refractivity contribution in [1.29, 1.82) is 0 Å². The molecule has 0 radical (unpaired) electrons. The molecule has 1 heterocycles. The van der Waals surface area contributed by atoms with E-state index in [1.54, 1.807) is 29.2 Å². The highest BCUT2D eigenvalue weighted by molar-refractivity contribution is 5.95. The molecule has 0 saturated carbocycles. The minimum atomic E-state index is -0.696. The van der Waals surface area contributed by atoms with Crippen LogP contribution in [0.4, 0.5) is 5.69 Å². The fourth-order valence-corrected chi connectivity index (χ4v) is 1.96. The van der Waals surface area contributed by atoms with E-state index >= 15 is 0 Å². The Bertz CT molecular complexity index is 513. The second-order valence-electron chi connectivity index (χ2n) is 4.24. The third-order valence-corrected chi connectivity index (χ3v) is 2.87. The zero-order valence-corrected chi connectivity index (χ0v) is 10.8. The van der Waals surface area contributed by atoms with Gasteiger partial charge in [-0.05, 0) is 12.1 Å². The summed E-state index contributed by atoms with van der Waals surface area (Å²) in [6, 6.07) is 7.18. The van der Waals surface area contributed by atoms with Gasteiger partial charge in [-0.3, -0.25) is 9.59 Å². The summed E-state index contributed by atoms with van der Waals surface area (Å²) in [7, 11) is 0. The number of hydrogen-bond acceptors (Lipinski definition) is 3. The van der Waals surface area contributed by atoms with Gasteiger partial charge in [0.15, 0.2) is 6.10 Å². The maximum absolute atomic E-state index is 11.9. The van der Waals surface area contributed by atoms with Crippen LogP contribution in [-0.4, -0.2) is 31.0 Å². The predicted octanol–water partition coefficient (Wildman–Crippen LogP) is 1.10. The summed E-state index contributed by atoms with van der Waals surface area (Å²) in [5.41, 5.74) is 0.697. The van der Waals surface area contributed by atoms with Crippen molar-refractivity contribution in [2.45, 2.75) is 13.0 Å². The first-order chi connectivity index (χ1) is 9.13. The van der Waals surface area contributed by atoms with Gasteiger partial charge in [0.2, 0.25) is 5.91 Å². The van der Waals surface area contributed by atoms with Crippen LogP contribution >= 0.6 is 0 Å². The average Bonchev–Trinajstić information content (AvgIpc) is 2.43. The molecule has 1 N–H and O–H groups in total. The number of nitrogens with zero attached hydrogens (tertiary/aromatic N) is 1. The van der Waals surface area contributed by atoms with Gasteiger partial charge in [0.05, 0.1) is 12.2 Å². The zero-order valence-electron chi connectivity index (χ0n) is 10.8. The number of benzene rings is 1. The summed E-state index contributed by atoms with van der Waals surface area (Å²) in [4.78, 5) is 25.1. The van der Waals surface area contributed by atoms with E-state index in [4.69, 9.17) is 4.74 Å². The van der Waals surface area contributed by atoms with Crippen LogP contribution in [0.3, 0.4) is 0 Å². The van der Waals surface area contributed by atoms with E-state index in [1.807, 2.05) is 6.07 Å². The van der Waals surface area contributed by atoms with Gasteiger partial charge in [-0.15, -0.1) is 6.58 Å². The van der Waals surface area contributed by atoms with Crippen molar-refractivity contribution >= 4 is 17.5 Å². The van der Waals surface area contributed by atoms with Crippen molar-refractivity contribution in [2.24, 2.45) is 0 Å². The molecule has 100 valence electrons. The molecule has 0 aliphatic carbocycles. The first kappa shape index (κ1) is 13.1. The van der Waals surface area contributed by atoms with E-state index in [0.29, 0.717) is 18.0 Å². The molecule has 0 saturated heterocycles.